The molecule has 0 atom stereocenters. The van der Waals surface area contributed by atoms with Crippen LogP contribution < -0.4 is 9.47 Å². The molecule has 6 nitrogen and oxygen atoms in total. The number of ether oxygens (including phenoxy) is 2. The number of aromatic nitrogens is 3. The molecule has 1 aromatic heterocycles. The van der Waals surface area contributed by atoms with Crippen molar-refractivity contribution in [2.45, 2.75) is 5.16 Å². The molecule has 3 aromatic rings. The monoisotopic (exact) mass is 389 g/mol. The van der Waals surface area contributed by atoms with E-state index < -0.39 is 0 Å². The minimum absolute atomic E-state index is 0.0765. The van der Waals surface area contributed by atoms with Crippen molar-refractivity contribution in [2.24, 2.45) is 0 Å². The number of hydrogen-bond acceptors (Lipinski definition) is 6. The molecule has 0 radical (unpaired) electrons. The number of carbonyl (C=O) groups excluding carboxylic acids is 1. The van der Waals surface area contributed by atoms with Gasteiger partial charge in [-0.1, -0.05) is 23.4 Å². The summed E-state index contributed by atoms with van der Waals surface area (Å²) in [4.78, 5) is 16.9. The van der Waals surface area contributed by atoms with Gasteiger partial charge in [0.2, 0.25) is 5.16 Å². The average molecular weight is 390 g/mol. The minimum Gasteiger partial charge on any atom is -0.497 e. The quantitative estimate of drug-likeness (QED) is 0.484. The Hall–Kier alpha value is -2.51. The van der Waals surface area contributed by atoms with Crippen LogP contribution >= 0.6 is 23.4 Å². The molecule has 3 rings (SSSR count). The van der Waals surface area contributed by atoms with E-state index in [1.165, 1.54) is 18.9 Å². The van der Waals surface area contributed by atoms with Gasteiger partial charge in [-0.25, -0.2) is 4.98 Å². The van der Waals surface area contributed by atoms with Gasteiger partial charge in [0.25, 0.3) is 0 Å². The number of carbonyl (C=O) groups is 1. The van der Waals surface area contributed by atoms with Gasteiger partial charge in [-0.2, -0.15) is 0 Å². The Morgan fingerprint density at radius 1 is 1.15 bits per heavy atom. The molecular formula is C18H16ClN3O3S. The van der Waals surface area contributed by atoms with E-state index in [9.17, 15) is 4.79 Å². The zero-order chi connectivity index (χ0) is 18.5. The molecule has 26 heavy (non-hydrogen) atoms. The molecule has 134 valence electrons. The molecule has 0 aliphatic heterocycles. The summed E-state index contributed by atoms with van der Waals surface area (Å²) >= 11 is 7.14. The van der Waals surface area contributed by atoms with Crippen LogP contribution in [0.1, 0.15) is 10.4 Å². The Morgan fingerprint density at radius 2 is 1.92 bits per heavy atom. The summed E-state index contributed by atoms with van der Waals surface area (Å²) in [5.41, 5.74) is 1.37. The normalized spacial score (nSPS) is 10.6. The fourth-order valence-electron chi connectivity index (χ4n) is 2.28. The second-order valence-electron chi connectivity index (χ2n) is 5.25. The highest BCUT2D eigenvalue weighted by atomic mass is 35.5. The molecular weight excluding hydrogens is 374 g/mol. The molecule has 0 spiro atoms. The van der Waals surface area contributed by atoms with Crippen molar-refractivity contribution >= 4 is 29.1 Å². The first-order chi connectivity index (χ1) is 12.6. The van der Waals surface area contributed by atoms with E-state index in [0.717, 1.165) is 5.56 Å². The van der Waals surface area contributed by atoms with Crippen LogP contribution in [-0.2, 0) is 0 Å². The minimum atomic E-state index is -0.0765. The molecule has 0 saturated carbocycles. The lowest BCUT2D eigenvalue weighted by atomic mass is 10.1. The van der Waals surface area contributed by atoms with Crippen molar-refractivity contribution in [3.8, 4) is 22.9 Å². The van der Waals surface area contributed by atoms with E-state index in [2.05, 4.69) is 15.2 Å². The maximum atomic E-state index is 12.5. The Labute approximate surface area is 159 Å². The zero-order valence-corrected chi connectivity index (χ0v) is 15.7. The van der Waals surface area contributed by atoms with Gasteiger partial charge in [0, 0.05) is 16.7 Å². The number of H-pyrrole nitrogens is 1. The van der Waals surface area contributed by atoms with Gasteiger partial charge in [-0.15, -0.1) is 5.10 Å². The number of ketones is 1. The number of nitrogens with one attached hydrogen (secondary N) is 1. The molecule has 0 amide bonds. The fraction of sp³-hybridized carbons (Fsp3) is 0.167. The van der Waals surface area contributed by atoms with Crippen molar-refractivity contribution in [3.63, 3.8) is 0 Å². The summed E-state index contributed by atoms with van der Waals surface area (Å²) in [6, 6.07) is 12.4. The Morgan fingerprint density at radius 3 is 2.62 bits per heavy atom. The van der Waals surface area contributed by atoms with Crippen LogP contribution in [0.3, 0.4) is 0 Å². The third-order valence-corrected chi connectivity index (χ3v) is 4.72. The van der Waals surface area contributed by atoms with Crippen LogP contribution in [0.5, 0.6) is 11.5 Å². The first-order valence-corrected chi connectivity index (χ1v) is 9.03. The highest BCUT2D eigenvalue weighted by Gasteiger charge is 2.15. The number of hydrogen-bond donors (Lipinski definition) is 1. The summed E-state index contributed by atoms with van der Waals surface area (Å²) < 4.78 is 10.4. The Balaban J connectivity index is 1.68. The van der Waals surface area contributed by atoms with Gasteiger partial charge >= 0.3 is 0 Å². The smallest absolute Gasteiger partial charge is 0.209 e. The van der Waals surface area contributed by atoms with Crippen molar-refractivity contribution in [1.29, 1.82) is 0 Å². The van der Waals surface area contributed by atoms with Gasteiger partial charge in [0.05, 0.1) is 25.5 Å². The number of aromatic amines is 1. The van der Waals surface area contributed by atoms with E-state index in [1.807, 2.05) is 12.1 Å². The van der Waals surface area contributed by atoms with Crippen molar-refractivity contribution in [1.82, 2.24) is 15.2 Å². The third kappa shape index (κ3) is 4.17. The predicted octanol–water partition coefficient (Wildman–Crippen LogP) is 4.12. The van der Waals surface area contributed by atoms with Crippen LogP contribution in [0, 0.1) is 0 Å². The second-order valence-corrected chi connectivity index (χ2v) is 6.63. The van der Waals surface area contributed by atoms with Gasteiger partial charge in [-0.05, 0) is 36.4 Å². The molecule has 0 fully saturated rings. The number of rotatable bonds is 7. The zero-order valence-electron chi connectivity index (χ0n) is 14.2. The largest absolute Gasteiger partial charge is 0.497 e. The molecule has 8 heteroatoms. The summed E-state index contributed by atoms with van der Waals surface area (Å²) in [6.45, 7) is 0. The summed E-state index contributed by atoms with van der Waals surface area (Å²) in [5.74, 6) is 1.85. The van der Waals surface area contributed by atoms with E-state index in [4.69, 9.17) is 21.1 Å². The van der Waals surface area contributed by atoms with Crippen LogP contribution in [0.25, 0.3) is 11.4 Å². The number of thioether (sulfide) groups is 1. The second kappa shape index (κ2) is 8.25. The van der Waals surface area contributed by atoms with E-state index >= 15 is 0 Å². The van der Waals surface area contributed by atoms with Crippen LogP contribution in [0.4, 0.5) is 0 Å². The van der Waals surface area contributed by atoms with Crippen molar-refractivity contribution in [2.75, 3.05) is 20.0 Å². The topological polar surface area (TPSA) is 77.1 Å². The summed E-state index contributed by atoms with van der Waals surface area (Å²) in [6.07, 6.45) is 0. The number of nitrogens with zero attached hydrogens (tertiary/aromatic N) is 2. The SMILES string of the molecule is COc1ccc(C(=O)CSc2n[nH]c(-c3ccc(Cl)cc3)n2)c(OC)c1. The molecule has 0 unspecified atom stereocenters. The molecule has 1 heterocycles. The number of methoxy groups -OCH3 is 2. The van der Waals surface area contributed by atoms with Crippen LogP contribution in [0.2, 0.25) is 5.02 Å². The lowest BCUT2D eigenvalue weighted by molar-refractivity contribution is 0.101. The Kier molecular flexibility index (Phi) is 5.80. The fourth-order valence-corrected chi connectivity index (χ4v) is 3.09. The molecule has 0 saturated heterocycles. The molecule has 1 N–H and O–H groups in total. The standard InChI is InChI=1S/C18H16ClN3O3S/c1-24-13-7-8-14(16(9-13)25-2)15(23)10-26-18-20-17(21-22-18)11-3-5-12(19)6-4-11/h3-9H,10H2,1-2H3,(H,20,21,22). The van der Waals surface area contributed by atoms with Crippen molar-refractivity contribution in [3.05, 3.63) is 53.1 Å². The first-order valence-electron chi connectivity index (χ1n) is 7.67. The number of halogens is 1. The lowest BCUT2D eigenvalue weighted by Crippen LogP contribution is -2.05. The van der Waals surface area contributed by atoms with Gasteiger partial charge < -0.3 is 9.47 Å². The van der Waals surface area contributed by atoms with Gasteiger partial charge in [-0.3, -0.25) is 9.89 Å². The maximum Gasteiger partial charge on any atom is 0.209 e. The number of Topliss-reactive ketones (excluding diaryl/α,β-unsaturated/α-hetero) is 1. The predicted molar refractivity (Wildman–Crippen MR) is 101 cm³/mol. The first kappa shape index (κ1) is 18.3. The summed E-state index contributed by atoms with van der Waals surface area (Å²) in [5, 5.41) is 8.16. The molecule has 0 aliphatic rings. The molecule has 2 aromatic carbocycles. The van der Waals surface area contributed by atoms with Gasteiger partial charge in [0.15, 0.2) is 11.6 Å². The third-order valence-electron chi connectivity index (χ3n) is 3.62. The summed E-state index contributed by atoms with van der Waals surface area (Å²) in [7, 11) is 3.08. The average Bonchev–Trinajstić information content (AvgIpc) is 3.15. The molecule has 0 bridgehead atoms. The van der Waals surface area contributed by atoms with E-state index in [1.54, 1.807) is 37.4 Å². The maximum absolute atomic E-state index is 12.5. The Bertz CT molecular complexity index is 912. The highest BCUT2D eigenvalue weighted by Crippen LogP contribution is 2.27. The van der Waals surface area contributed by atoms with E-state index in [-0.39, 0.29) is 11.5 Å². The highest BCUT2D eigenvalue weighted by molar-refractivity contribution is 7.99. The van der Waals surface area contributed by atoms with E-state index in [0.29, 0.717) is 33.1 Å². The van der Waals surface area contributed by atoms with Crippen LogP contribution in [-0.4, -0.2) is 40.9 Å². The van der Waals surface area contributed by atoms with Crippen LogP contribution in [0.15, 0.2) is 47.6 Å². The van der Waals surface area contributed by atoms with Crippen molar-refractivity contribution < 1.29 is 14.3 Å². The molecule has 0 aliphatic carbocycles. The number of benzene rings is 2. The lowest BCUT2D eigenvalue weighted by Gasteiger charge is -2.08. The van der Waals surface area contributed by atoms with Gasteiger partial charge in [0.1, 0.15) is 11.5 Å².